The summed E-state index contributed by atoms with van der Waals surface area (Å²) >= 11 is 6.08. The fourth-order valence-corrected chi connectivity index (χ4v) is 1.83. The molecule has 0 atom stereocenters. The molecule has 0 aromatic heterocycles. The van der Waals surface area contributed by atoms with Gasteiger partial charge >= 0.3 is 0 Å². The molecule has 96 valence electrons. The first-order valence-corrected chi connectivity index (χ1v) is 6.24. The standard InChI is InChI=1S/C13H18ClFO2/c1-3-16-12-9-13(17-4-2)11(14)8-10(12)6-5-7-15/h8-9H,3-7H2,1-2H3. The maximum Gasteiger partial charge on any atom is 0.141 e. The van der Waals surface area contributed by atoms with E-state index < -0.39 is 0 Å². The van der Waals surface area contributed by atoms with Crippen LogP contribution in [-0.4, -0.2) is 19.9 Å². The van der Waals surface area contributed by atoms with E-state index in [1.54, 1.807) is 12.1 Å². The average Bonchev–Trinajstić information content (AvgIpc) is 2.32. The van der Waals surface area contributed by atoms with E-state index in [0.717, 1.165) is 11.3 Å². The molecule has 0 aliphatic heterocycles. The van der Waals surface area contributed by atoms with Crippen LogP contribution in [0.2, 0.25) is 5.02 Å². The van der Waals surface area contributed by atoms with E-state index in [-0.39, 0.29) is 6.67 Å². The van der Waals surface area contributed by atoms with Crippen molar-refractivity contribution in [2.24, 2.45) is 0 Å². The van der Waals surface area contributed by atoms with Crippen molar-refractivity contribution in [3.63, 3.8) is 0 Å². The molecule has 2 nitrogen and oxygen atoms in total. The Morgan fingerprint density at radius 2 is 1.76 bits per heavy atom. The minimum Gasteiger partial charge on any atom is -0.493 e. The molecule has 0 unspecified atom stereocenters. The molecule has 0 fully saturated rings. The molecule has 0 heterocycles. The lowest BCUT2D eigenvalue weighted by molar-refractivity contribution is 0.320. The van der Waals surface area contributed by atoms with Gasteiger partial charge < -0.3 is 9.47 Å². The van der Waals surface area contributed by atoms with E-state index in [1.165, 1.54) is 0 Å². The summed E-state index contributed by atoms with van der Waals surface area (Å²) in [5.74, 6) is 1.34. The number of halogens is 2. The summed E-state index contributed by atoms with van der Waals surface area (Å²) in [6, 6.07) is 3.58. The third kappa shape index (κ3) is 4.08. The minimum atomic E-state index is -0.337. The number of hydrogen-bond donors (Lipinski definition) is 0. The molecule has 0 aliphatic carbocycles. The molecular formula is C13H18ClFO2. The normalized spacial score (nSPS) is 10.4. The lowest BCUT2D eigenvalue weighted by atomic mass is 10.1. The van der Waals surface area contributed by atoms with Gasteiger partial charge in [-0.15, -0.1) is 0 Å². The molecular weight excluding hydrogens is 243 g/mol. The first-order valence-electron chi connectivity index (χ1n) is 5.86. The molecule has 0 spiro atoms. The molecule has 0 radical (unpaired) electrons. The second-order valence-electron chi connectivity index (χ2n) is 3.55. The van der Waals surface area contributed by atoms with E-state index in [9.17, 15) is 4.39 Å². The summed E-state index contributed by atoms with van der Waals surface area (Å²) in [6.45, 7) is 4.59. The van der Waals surface area contributed by atoms with Crippen molar-refractivity contribution in [1.29, 1.82) is 0 Å². The van der Waals surface area contributed by atoms with Gasteiger partial charge in [0.15, 0.2) is 0 Å². The van der Waals surface area contributed by atoms with Crippen LogP contribution in [0, 0.1) is 0 Å². The van der Waals surface area contributed by atoms with Gasteiger partial charge in [0.2, 0.25) is 0 Å². The molecule has 1 aromatic rings. The van der Waals surface area contributed by atoms with Crippen molar-refractivity contribution in [3.05, 3.63) is 22.7 Å². The lowest BCUT2D eigenvalue weighted by Gasteiger charge is -2.13. The second kappa shape index (κ2) is 7.38. The van der Waals surface area contributed by atoms with Crippen LogP contribution in [0.25, 0.3) is 0 Å². The van der Waals surface area contributed by atoms with Gasteiger partial charge in [0.25, 0.3) is 0 Å². The van der Waals surface area contributed by atoms with Gasteiger partial charge in [-0.25, -0.2) is 0 Å². The SMILES string of the molecule is CCOc1cc(OCC)c(CCCF)cc1Cl. The van der Waals surface area contributed by atoms with Gasteiger partial charge in [-0.1, -0.05) is 11.6 Å². The Morgan fingerprint density at radius 3 is 2.35 bits per heavy atom. The summed E-state index contributed by atoms with van der Waals surface area (Å²) in [5.41, 5.74) is 0.929. The smallest absolute Gasteiger partial charge is 0.141 e. The Bertz CT molecular complexity index is 356. The number of alkyl halides is 1. The number of benzene rings is 1. The minimum absolute atomic E-state index is 0.337. The maximum atomic E-state index is 12.2. The average molecular weight is 261 g/mol. The summed E-state index contributed by atoms with van der Waals surface area (Å²) in [7, 11) is 0. The largest absolute Gasteiger partial charge is 0.493 e. The Morgan fingerprint density at radius 1 is 1.12 bits per heavy atom. The van der Waals surface area contributed by atoms with Gasteiger partial charge in [0.1, 0.15) is 11.5 Å². The van der Waals surface area contributed by atoms with Crippen LogP contribution in [0.5, 0.6) is 11.5 Å². The highest BCUT2D eigenvalue weighted by Crippen LogP contribution is 2.33. The first kappa shape index (κ1) is 14.1. The van der Waals surface area contributed by atoms with E-state index in [1.807, 2.05) is 13.8 Å². The molecule has 0 saturated carbocycles. The van der Waals surface area contributed by atoms with Crippen LogP contribution in [0.3, 0.4) is 0 Å². The lowest BCUT2D eigenvalue weighted by Crippen LogP contribution is -2.00. The zero-order valence-corrected chi connectivity index (χ0v) is 11.0. The third-order valence-corrected chi connectivity index (χ3v) is 2.59. The molecule has 4 heteroatoms. The van der Waals surface area contributed by atoms with Gasteiger partial charge in [0.05, 0.1) is 24.9 Å². The molecule has 0 N–H and O–H groups in total. The van der Waals surface area contributed by atoms with E-state index in [0.29, 0.717) is 36.8 Å². The van der Waals surface area contributed by atoms with E-state index in [2.05, 4.69) is 0 Å². The van der Waals surface area contributed by atoms with Crippen LogP contribution in [0.4, 0.5) is 4.39 Å². The van der Waals surface area contributed by atoms with Crippen molar-refractivity contribution in [3.8, 4) is 11.5 Å². The molecule has 0 aliphatic rings. The quantitative estimate of drug-likeness (QED) is 0.737. The Balaban J connectivity index is 2.97. The van der Waals surface area contributed by atoms with Crippen LogP contribution >= 0.6 is 11.6 Å². The van der Waals surface area contributed by atoms with E-state index >= 15 is 0 Å². The summed E-state index contributed by atoms with van der Waals surface area (Å²) < 4.78 is 23.1. The monoisotopic (exact) mass is 260 g/mol. The molecule has 17 heavy (non-hydrogen) atoms. The Labute approximate surface area is 107 Å². The van der Waals surface area contributed by atoms with Gasteiger partial charge in [0, 0.05) is 6.07 Å². The third-order valence-electron chi connectivity index (χ3n) is 2.29. The van der Waals surface area contributed by atoms with Crippen molar-refractivity contribution in [1.82, 2.24) is 0 Å². The number of rotatable bonds is 7. The molecule has 0 amide bonds. The van der Waals surface area contributed by atoms with Crippen molar-refractivity contribution in [2.45, 2.75) is 26.7 Å². The van der Waals surface area contributed by atoms with Crippen LogP contribution in [0.1, 0.15) is 25.8 Å². The summed E-state index contributed by atoms with van der Waals surface area (Å²) in [5, 5.41) is 0.546. The summed E-state index contributed by atoms with van der Waals surface area (Å²) in [4.78, 5) is 0. The highest BCUT2D eigenvalue weighted by Gasteiger charge is 2.10. The molecule has 1 rings (SSSR count). The van der Waals surface area contributed by atoms with Crippen molar-refractivity contribution >= 4 is 11.6 Å². The van der Waals surface area contributed by atoms with Crippen LogP contribution in [0.15, 0.2) is 12.1 Å². The Hall–Kier alpha value is -0.960. The zero-order chi connectivity index (χ0) is 12.7. The Kier molecular flexibility index (Phi) is 6.12. The van der Waals surface area contributed by atoms with Crippen molar-refractivity contribution in [2.75, 3.05) is 19.9 Å². The maximum absolute atomic E-state index is 12.2. The first-order chi connectivity index (χ1) is 8.22. The van der Waals surface area contributed by atoms with Crippen molar-refractivity contribution < 1.29 is 13.9 Å². The van der Waals surface area contributed by atoms with E-state index in [4.69, 9.17) is 21.1 Å². The predicted octanol–water partition coefficient (Wildman–Crippen LogP) is 4.04. The van der Waals surface area contributed by atoms with Crippen LogP contribution < -0.4 is 9.47 Å². The molecule has 0 saturated heterocycles. The molecule has 1 aromatic carbocycles. The van der Waals surface area contributed by atoms with Gasteiger partial charge in [-0.3, -0.25) is 4.39 Å². The van der Waals surface area contributed by atoms with Gasteiger partial charge in [-0.05, 0) is 38.3 Å². The highest BCUT2D eigenvalue weighted by atomic mass is 35.5. The number of aryl methyl sites for hydroxylation is 1. The predicted molar refractivity (Wildman–Crippen MR) is 68.1 cm³/mol. The summed E-state index contributed by atoms with van der Waals surface area (Å²) in [6.07, 6.45) is 1.10. The molecule has 0 bridgehead atoms. The fourth-order valence-electron chi connectivity index (χ4n) is 1.58. The van der Waals surface area contributed by atoms with Gasteiger partial charge in [-0.2, -0.15) is 0 Å². The second-order valence-corrected chi connectivity index (χ2v) is 3.96. The zero-order valence-electron chi connectivity index (χ0n) is 10.3. The number of hydrogen-bond acceptors (Lipinski definition) is 2. The fraction of sp³-hybridized carbons (Fsp3) is 0.538. The number of ether oxygens (including phenoxy) is 2. The topological polar surface area (TPSA) is 18.5 Å². The van der Waals surface area contributed by atoms with Crippen LogP contribution in [-0.2, 0) is 6.42 Å². The highest BCUT2D eigenvalue weighted by molar-refractivity contribution is 6.32.